The summed E-state index contributed by atoms with van der Waals surface area (Å²) in [6, 6.07) is 4.50. The van der Waals surface area contributed by atoms with Crippen LogP contribution in [0.25, 0.3) is 0 Å². The van der Waals surface area contributed by atoms with Crippen molar-refractivity contribution in [1.82, 2.24) is 10.4 Å². The standard InChI is InChI=1S/C15H25N3O/c1-11(10-19-2)9-14(18-16)13-7-3-5-12-6-4-8-17-15(12)13/h4,6,8,11,13-14,18H,3,5,7,9-10,16H2,1-2H3. The number of fused-ring (bicyclic) bond motifs is 1. The first-order valence-corrected chi connectivity index (χ1v) is 7.15. The molecule has 3 N–H and O–H groups in total. The molecule has 1 aliphatic rings. The quantitative estimate of drug-likeness (QED) is 0.609. The fourth-order valence-corrected chi connectivity index (χ4v) is 3.17. The molecule has 0 aromatic carbocycles. The van der Waals surface area contributed by atoms with E-state index < -0.39 is 0 Å². The van der Waals surface area contributed by atoms with Crippen LogP contribution >= 0.6 is 0 Å². The lowest BCUT2D eigenvalue weighted by molar-refractivity contribution is 0.145. The van der Waals surface area contributed by atoms with Crippen molar-refractivity contribution < 1.29 is 4.74 Å². The minimum atomic E-state index is 0.277. The number of hydrogen-bond acceptors (Lipinski definition) is 4. The maximum Gasteiger partial charge on any atom is 0.0488 e. The van der Waals surface area contributed by atoms with Crippen LogP contribution in [0, 0.1) is 5.92 Å². The summed E-state index contributed by atoms with van der Waals surface area (Å²) in [5.74, 6) is 6.71. The van der Waals surface area contributed by atoms with Crippen LogP contribution in [0.4, 0.5) is 0 Å². The average Bonchev–Trinajstić information content (AvgIpc) is 2.44. The molecule has 0 spiro atoms. The van der Waals surface area contributed by atoms with Crippen LogP contribution < -0.4 is 11.3 Å². The van der Waals surface area contributed by atoms with Crippen LogP contribution in [0.5, 0.6) is 0 Å². The van der Waals surface area contributed by atoms with Gasteiger partial charge in [-0.05, 0) is 43.2 Å². The van der Waals surface area contributed by atoms with Gasteiger partial charge in [-0.25, -0.2) is 0 Å². The van der Waals surface area contributed by atoms with Gasteiger partial charge >= 0.3 is 0 Å². The van der Waals surface area contributed by atoms with Gasteiger partial charge in [0, 0.05) is 37.6 Å². The molecule has 1 aliphatic carbocycles. The van der Waals surface area contributed by atoms with Crippen LogP contribution in [0.15, 0.2) is 18.3 Å². The molecule has 0 aliphatic heterocycles. The Bertz CT molecular complexity index is 397. The van der Waals surface area contributed by atoms with Crippen molar-refractivity contribution in [2.75, 3.05) is 13.7 Å². The molecular formula is C15H25N3O. The Labute approximate surface area is 115 Å². The fraction of sp³-hybridized carbons (Fsp3) is 0.667. The van der Waals surface area contributed by atoms with Gasteiger partial charge in [-0.1, -0.05) is 13.0 Å². The second-order valence-electron chi connectivity index (χ2n) is 5.62. The summed E-state index contributed by atoms with van der Waals surface area (Å²) in [4.78, 5) is 4.60. The summed E-state index contributed by atoms with van der Waals surface area (Å²) in [5.41, 5.74) is 5.63. The van der Waals surface area contributed by atoms with E-state index in [1.807, 2.05) is 12.3 Å². The van der Waals surface area contributed by atoms with Crippen LogP contribution in [-0.2, 0) is 11.2 Å². The number of hydrogen-bond donors (Lipinski definition) is 2. The number of methoxy groups -OCH3 is 1. The van der Waals surface area contributed by atoms with Gasteiger partial charge in [-0.2, -0.15) is 0 Å². The molecule has 0 saturated carbocycles. The first-order chi connectivity index (χ1) is 9.26. The normalized spacial score (nSPS) is 21.7. The highest BCUT2D eigenvalue weighted by molar-refractivity contribution is 5.27. The van der Waals surface area contributed by atoms with E-state index in [1.165, 1.54) is 24.1 Å². The Morgan fingerprint density at radius 1 is 1.58 bits per heavy atom. The number of pyridine rings is 1. The molecule has 0 radical (unpaired) electrons. The predicted octanol–water partition coefficient (Wildman–Crippen LogP) is 2.01. The molecule has 0 amide bonds. The number of aryl methyl sites for hydroxylation is 1. The Kier molecular flexibility index (Phi) is 5.31. The van der Waals surface area contributed by atoms with Gasteiger partial charge in [0.25, 0.3) is 0 Å². The fourth-order valence-electron chi connectivity index (χ4n) is 3.17. The molecule has 1 heterocycles. The Hall–Kier alpha value is -0.970. The summed E-state index contributed by atoms with van der Waals surface area (Å²) in [6.45, 7) is 2.98. The van der Waals surface area contributed by atoms with E-state index in [4.69, 9.17) is 10.6 Å². The van der Waals surface area contributed by atoms with E-state index in [0.717, 1.165) is 19.4 Å². The van der Waals surface area contributed by atoms with E-state index in [9.17, 15) is 0 Å². The molecule has 1 aromatic heterocycles. The highest BCUT2D eigenvalue weighted by Gasteiger charge is 2.29. The first kappa shape index (κ1) is 14.4. The van der Waals surface area contributed by atoms with Crippen LogP contribution in [0.3, 0.4) is 0 Å². The van der Waals surface area contributed by atoms with Crippen LogP contribution in [0.2, 0.25) is 0 Å². The van der Waals surface area contributed by atoms with Gasteiger partial charge in [0.15, 0.2) is 0 Å². The smallest absolute Gasteiger partial charge is 0.0488 e. The number of hydrazine groups is 1. The summed E-state index contributed by atoms with van der Waals surface area (Å²) in [7, 11) is 1.75. The zero-order chi connectivity index (χ0) is 13.7. The number of nitrogens with two attached hydrogens (primary N) is 1. The van der Waals surface area contributed by atoms with Crippen molar-refractivity contribution in [3.05, 3.63) is 29.6 Å². The average molecular weight is 263 g/mol. The van der Waals surface area contributed by atoms with Gasteiger partial charge in [0.2, 0.25) is 0 Å². The number of nitrogens with zero attached hydrogens (tertiary/aromatic N) is 1. The maximum absolute atomic E-state index is 5.79. The van der Waals surface area contributed by atoms with Crippen molar-refractivity contribution >= 4 is 0 Å². The number of aromatic nitrogens is 1. The topological polar surface area (TPSA) is 60.2 Å². The second-order valence-corrected chi connectivity index (χ2v) is 5.62. The zero-order valence-corrected chi connectivity index (χ0v) is 11.9. The monoisotopic (exact) mass is 263 g/mol. The van der Waals surface area contributed by atoms with Gasteiger partial charge in [-0.3, -0.25) is 16.3 Å². The van der Waals surface area contributed by atoms with Crippen molar-refractivity contribution in [1.29, 1.82) is 0 Å². The van der Waals surface area contributed by atoms with Crippen LogP contribution in [0.1, 0.15) is 43.4 Å². The molecule has 4 heteroatoms. The summed E-state index contributed by atoms with van der Waals surface area (Å²) in [5, 5.41) is 0. The van der Waals surface area contributed by atoms with Gasteiger partial charge < -0.3 is 4.74 Å². The van der Waals surface area contributed by atoms with E-state index in [1.54, 1.807) is 7.11 Å². The molecule has 0 bridgehead atoms. The number of rotatable bonds is 6. The predicted molar refractivity (Wildman–Crippen MR) is 76.7 cm³/mol. The molecule has 0 fully saturated rings. The molecule has 2 rings (SSSR count). The van der Waals surface area contributed by atoms with Gasteiger partial charge in [0.1, 0.15) is 0 Å². The van der Waals surface area contributed by atoms with Crippen molar-refractivity contribution in [3.8, 4) is 0 Å². The lowest BCUT2D eigenvalue weighted by atomic mass is 9.79. The molecule has 3 atom stereocenters. The van der Waals surface area contributed by atoms with Gasteiger partial charge in [-0.15, -0.1) is 0 Å². The van der Waals surface area contributed by atoms with E-state index >= 15 is 0 Å². The Morgan fingerprint density at radius 3 is 3.16 bits per heavy atom. The number of nitrogens with one attached hydrogen (secondary N) is 1. The maximum atomic E-state index is 5.79. The third-order valence-corrected chi connectivity index (χ3v) is 4.05. The Balaban J connectivity index is 2.11. The van der Waals surface area contributed by atoms with Crippen molar-refractivity contribution in [3.63, 3.8) is 0 Å². The highest BCUT2D eigenvalue weighted by Crippen LogP contribution is 2.34. The highest BCUT2D eigenvalue weighted by atomic mass is 16.5. The minimum Gasteiger partial charge on any atom is -0.384 e. The van der Waals surface area contributed by atoms with E-state index in [2.05, 4.69) is 23.4 Å². The Morgan fingerprint density at radius 2 is 2.42 bits per heavy atom. The largest absolute Gasteiger partial charge is 0.384 e. The molecule has 4 nitrogen and oxygen atoms in total. The lowest BCUT2D eigenvalue weighted by Gasteiger charge is -2.32. The lowest BCUT2D eigenvalue weighted by Crippen LogP contribution is -2.42. The molecule has 0 saturated heterocycles. The summed E-state index contributed by atoms with van der Waals surface area (Å²) in [6.07, 6.45) is 6.44. The molecule has 3 unspecified atom stereocenters. The van der Waals surface area contributed by atoms with Crippen molar-refractivity contribution in [2.24, 2.45) is 11.8 Å². The van der Waals surface area contributed by atoms with Gasteiger partial charge in [0.05, 0.1) is 0 Å². The molecular weight excluding hydrogens is 238 g/mol. The third kappa shape index (κ3) is 3.53. The zero-order valence-electron chi connectivity index (χ0n) is 11.9. The SMILES string of the molecule is COCC(C)CC(NN)C1CCCc2cccnc21. The summed E-state index contributed by atoms with van der Waals surface area (Å²) < 4.78 is 5.22. The molecule has 19 heavy (non-hydrogen) atoms. The third-order valence-electron chi connectivity index (χ3n) is 4.05. The first-order valence-electron chi connectivity index (χ1n) is 7.15. The molecule has 106 valence electrons. The van der Waals surface area contributed by atoms with Crippen LogP contribution in [-0.4, -0.2) is 24.7 Å². The summed E-state index contributed by atoms with van der Waals surface area (Å²) >= 11 is 0. The van der Waals surface area contributed by atoms with Crippen molar-refractivity contribution in [2.45, 2.75) is 44.6 Å². The van der Waals surface area contributed by atoms with E-state index in [-0.39, 0.29) is 6.04 Å². The number of ether oxygens (including phenoxy) is 1. The van der Waals surface area contributed by atoms with E-state index in [0.29, 0.717) is 11.8 Å². The second kappa shape index (κ2) is 6.98. The molecule has 1 aromatic rings. The minimum absolute atomic E-state index is 0.277.